The number of morpholine rings is 1. The molecule has 0 aliphatic carbocycles. The number of pyridine rings is 1. The van der Waals surface area contributed by atoms with E-state index in [2.05, 4.69) is 48.9 Å². The van der Waals surface area contributed by atoms with E-state index in [0.717, 1.165) is 30.2 Å². The molecule has 5 rings (SSSR count). The van der Waals surface area contributed by atoms with Crippen LogP contribution in [0.3, 0.4) is 0 Å². The molecule has 3 heterocycles. The minimum Gasteiger partial charge on any atom is -0.481 e. The summed E-state index contributed by atoms with van der Waals surface area (Å²) in [7, 11) is 1.61. The van der Waals surface area contributed by atoms with Gasteiger partial charge in [-0.1, -0.05) is 39.0 Å². The van der Waals surface area contributed by atoms with Crippen LogP contribution >= 0.6 is 0 Å². The third-order valence-electron chi connectivity index (χ3n) is 6.86. The van der Waals surface area contributed by atoms with Crippen LogP contribution in [0.1, 0.15) is 37.9 Å². The van der Waals surface area contributed by atoms with Gasteiger partial charge in [0.2, 0.25) is 5.88 Å². The van der Waals surface area contributed by atoms with Gasteiger partial charge in [0.1, 0.15) is 5.82 Å². The van der Waals surface area contributed by atoms with Crippen molar-refractivity contribution < 1.29 is 9.47 Å². The molecule has 1 fully saturated rings. The first-order chi connectivity index (χ1) is 17.8. The maximum absolute atomic E-state index is 14.1. The van der Waals surface area contributed by atoms with Gasteiger partial charge in [-0.15, -0.1) is 0 Å². The van der Waals surface area contributed by atoms with Crippen LogP contribution in [0.4, 0.5) is 5.69 Å². The lowest BCUT2D eigenvalue weighted by atomic mass is 9.87. The van der Waals surface area contributed by atoms with Crippen LogP contribution in [0.25, 0.3) is 16.6 Å². The van der Waals surface area contributed by atoms with Gasteiger partial charge >= 0.3 is 0 Å². The van der Waals surface area contributed by atoms with Crippen molar-refractivity contribution in [3.8, 4) is 11.6 Å². The average Bonchev–Trinajstić information content (AvgIpc) is 2.92. The minimum atomic E-state index is -0.0558. The molecule has 7 heteroatoms. The number of aromatic nitrogens is 3. The van der Waals surface area contributed by atoms with Crippen LogP contribution in [0.5, 0.6) is 5.88 Å². The smallest absolute Gasteiger partial charge is 0.266 e. The number of methoxy groups -OCH3 is 1. The molecule has 4 aromatic rings. The molecule has 0 unspecified atom stereocenters. The highest BCUT2D eigenvalue weighted by Crippen LogP contribution is 2.26. The van der Waals surface area contributed by atoms with E-state index in [0.29, 0.717) is 48.7 Å². The number of hydrogen-bond donors (Lipinski definition) is 0. The fourth-order valence-corrected chi connectivity index (χ4v) is 4.73. The highest BCUT2D eigenvalue weighted by Gasteiger charge is 2.19. The number of ether oxygens (including phenoxy) is 2. The zero-order valence-corrected chi connectivity index (χ0v) is 22.0. The third-order valence-corrected chi connectivity index (χ3v) is 6.86. The molecule has 0 N–H and O–H groups in total. The van der Waals surface area contributed by atoms with Gasteiger partial charge < -0.3 is 14.4 Å². The standard InChI is InChI=1S/C30H34N4O3/c1-30(2,3)21-7-5-9-24(19-21)34-27(14-11-22-8-6-10-28(31-22)36-4)32-26-13-12-23(20-25(26)29(34)35)33-15-17-37-18-16-33/h5-10,12-13,19-20H,11,14-18H2,1-4H3. The number of hydrogen-bond acceptors (Lipinski definition) is 6. The van der Waals surface area contributed by atoms with Crippen molar-refractivity contribution in [1.29, 1.82) is 0 Å². The zero-order valence-electron chi connectivity index (χ0n) is 22.0. The lowest BCUT2D eigenvalue weighted by molar-refractivity contribution is 0.122. The molecule has 1 saturated heterocycles. The topological polar surface area (TPSA) is 69.5 Å². The first kappa shape index (κ1) is 25.0. The van der Waals surface area contributed by atoms with Crippen molar-refractivity contribution >= 4 is 16.6 Å². The first-order valence-electron chi connectivity index (χ1n) is 12.8. The molecule has 0 bridgehead atoms. The second-order valence-corrected chi connectivity index (χ2v) is 10.4. The van der Waals surface area contributed by atoms with Crippen molar-refractivity contribution in [2.75, 3.05) is 38.3 Å². The molecule has 0 spiro atoms. The predicted molar refractivity (Wildman–Crippen MR) is 147 cm³/mol. The number of nitrogens with zero attached hydrogens (tertiary/aromatic N) is 4. The summed E-state index contributed by atoms with van der Waals surface area (Å²) in [6.07, 6.45) is 1.20. The summed E-state index contributed by atoms with van der Waals surface area (Å²) in [6.45, 7) is 9.54. The van der Waals surface area contributed by atoms with Crippen LogP contribution in [0.2, 0.25) is 0 Å². The lowest BCUT2D eigenvalue weighted by Crippen LogP contribution is -2.36. The Morgan fingerprint density at radius 3 is 2.46 bits per heavy atom. The van der Waals surface area contributed by atoms with E-state index < -0.39 is 0 Å². The second kappa shape index (κ2) is 10.3. The number of anilines is 1. The van der Waals surface area contributed by atoms with Gasteiger partial charge in [-0.3, -0.25) is 9.36 Å². The Morgan fingerprint density at radius 1 is 0.919 bits per heavy atom. The number of fused-ring (bicyclic) bond motifs is 1. The Labute approximate surface area is 217 Å². The molecule has 0 saturated carbocycles. The lowest BCUT2D eigenvalue weighted by Gasteiger charge is -2.29. The van der Waals surface area contributed by atoms with Gasteiger partial charge in [0.05, 0.1) is 36.9 Å². The SMILES string of the molecule is COc1cccc(CCc2nc3ccc(N4CCOCC4)cc3c(=O)n2-c2cccc(C(C)(C)C)c2)n1. The molecule has 37 heavy (non-hydrogen) atoms. The quantitative estimate of drug-likeness (QED) is 0.384. The number of rotatable bonds is 6. The summed E-state index contributed by atoms with van der Waals surface area (Å²) in [6, 6.07) is 20.0. The molecule has 2 aromatic heterocycles. The van der Waals surface area contributed by atoms with Crippen molar-refractivity contribution in [3.63, 3.8) is 0 Å². The van der Waals surface area contributed by atoms with Crippen LogP contribution in [0.15, 0.2) is 65.5 Å². The summed E-state index contributed by atoms with van der Waals surface area (Å²) in [4.78, 5) is 25.9. The monoisotopic (exact) mass is 498 g/mol. The van der Waals surface area contributed by atoms with Gasteiger partial charge in [-0.25, -0.2) is 9.97 Å². The summed E-state index contributed by atoms with van der Waals surface area (Å²) in [5, 5.41) is 0.619. The molecule has 0 atom stereocenters. The largest absolute Gasteiger partial charge is 0.481 e. The molecule has 192 valence electrons. The molecule has 0 amide bonds. The van der Waals surface area contributed by atoms with E-state index in [9.17, 15) is 4.79 Å². The van der Waals surface area contributed by atoms with Crippen LogP contribution in [0, 0.1) is 0 Å². The Hall–Kier alpha value is -3.71. The summed E-state index contributed by atoms with van der Waals surface area (Å²) < 4.78 is 12.6. The van der Waals surface area contributed by atoms with Crippen molar-refractivity contribution in [1.82, 2.24) is 14.5 Å². The molecule has 0 radical (unpaired) electrons. The summed E-state index contributed by atoms with van der Waals surface area (Å²) in [5.74, 6) is 1.29. The van der Waals surface area contributed by atoms with Gasteiger partial charge in [-0.05, 0) is 53.8 Å². The fourth-order valence-electron chi connectivity index (χ4n) is 4.73. The predicted octanol–water partition coefficient (Wildman–Crippen LogP) is 4.71. The van der Waals surface area contributed by atoms with E-state index in [1.54, 1.807) is 11.7 Å². The first-order valence-corrected chi connectivity index (χ1v) is 12.8. The molecular weight excluding hydrogens is 464 g/mol. The molecule has 7 nitrogen and oxygen atoms in total. The van der Waals surface area contributed by atoms with E-state index >= 15 is 0 Å². The number of aryl methyl sites for hydroxylation is 2. The second-order valence-electron chi connectivity index (χ2n) is 10.4. The van der Waals surface area contributed by atoms with Crippen molar-refractivity contribution in [2.45, 2.75) is 39.0 Å². The minimum absolute atomic E-state index is 0.0436. The number of benzene rings is 2. The van der Waals surface area contributed by atoms with Crippen LogP contribution in [-0.4, -0.2) is 47.9 Å². The van der Waals surface area contributed by atoms with Gasteiger partial charge in [0, 0.05) is 37.0 Å². The van der Waals surface area contributed by atoms with E-state index in [1.807, 2.05) is 42.5 Å². The molecule has 1 aliphatic rings. The normalized spacial score (nSPS) is 14.2. The molecule has 2 aromatic carbocycles. The van der Waals surface area contributed by atoms with Crippen LogP contribution in [-0.2, 0) is 23.0 Å². The Bertz CT molecular complexity index is 1470. The van der Waals surface area contributed by atoms with Gasteiger partial charge in [-0.2, -0.15) is 0 Å². The van der Waals surface area contributed by atoms with Crippen molar-refractivity contribution in [2.24, 2.45) is 0 Å². The Morgan fingerprint density at radius 2 is 1.70 bits per heavy atom. The highest BCUT2D eigenvalue weighted by molar-refractivity contribution is 5.82. The van der Waals surface area contributed by atoms with Crippen molar-refractivity contribution in [3.05, 3.63) is 88.1 Å². The van der Waals surface area contributed by atoms with Crippen LogP contribution < -0.4 is 15.2 Å². The highest BCUT2D eigenvalue weighted by atomic mass is 16.5. The maximum atomic E-state index is 14.1. The van der Waals surface area contributed by atoms with E-state index in [-0.39, 0.29) is 11.0 Å². The molecule has 1 aliphatic heterocycles. The fraction of sp³-hybridized carbons (Fsp3) is 0.367. The third kappa shape index (κ3) is 5.37. The Kier molecular flexibility index (Phi) is 6.98. The van der Waals surface area contributed by atoms with Gasteiger partial charge in [0.25, 0.3) is 5.56 Å². The Balaban J connectivity index is 1.62. The maximum Gasteiger partial charge on any atom is 0.266 e. The summed E-state index contributed by atoms with van der Waals surface area (Å²) >= 11 is 0. The van der Waals surface area contributed by atoms with E-state index in [1.165, 1.54) is 5.56 Å². The van der Waals surface area contributed by atoms with Gasteiger partial charge in [0.15, 0.2) is 0 Å². The average molecular weight is 499 g/mol. The molecular formula is C30H34N4O3. The zero-order chi connectivity index (χ0) is 26.0. The van der Waals surface area contributed by atoms with E-state index in [4.69, 9.17) is 14.5 Å². The summed E-state index contributed by atoms with van der Waals surface area (Å²) in [5.41, 5.74) is 4.53.